The molecular formula is C8H10Cl2N2O2S. The van der Waals surface area contributed by atoms with Crippen molar-refractivity contribution in [1.82, 2.24) is 0 Å². The Morgan fingerprint density at radius 1 is 1.20 bits per heavy atom. The van der Waals surface area contributed by atoms with Crippen molar-refractivity contribution in [2.45, 2.75) is 0 Å². The highest BCUT2D eigenvalue weighted by Gasteiger charge is 2.02. The molecule has 7 heteroatoms. The van der Waals surface area contributed by atoms with Gasteiger partial charge in [0, 0.05) is 22.3 Å². The second kappa shape index (κ2) is 5.03. The summed E-state index contributed by atoms with van der Waals surface area (Å²) in [7, 11) is -3.44. The molecule has 15 heavy (non-hydrogen) atoms. The van der Waals surface area contributed by atoms with Crippen molar-refractivity contribution in [2.24, 2.45) is 5.14 Å². The number of anilines is 1. The Morgan fingerprint density at radius 2 is 1.73 bits per heavy atom. The van der Waals surface area contributed by atoms with Crippen LogP contribution in [0, 0.1) is 0 Å². The Balaban J connectivity index is 2.58. The van der Waals surface area contributed by atoms with Crippen molar-refractivity contribution in [2.75, 3.05) is 17.6 Å². The van der Waals surface area contributed by atoms with E-state index in [9.17, 15) is 8.42 Å². The highest BCUT2D eigenvalue weighted by molar-refractivity contribution is 7.89. The molecule has 0 saturated heterocycles. The normalized spacial score (nSPS) is 11.4. The Morgan fingerprint density at radius 3 is 2.20 bits per heavy atom. The van der Waals surface area contributed by atoms with E-state index in [1.807, 2.05) is 0 Å². The van der Waals surface area contributed by atoms with Gasteiger partial charge < -0.3 is 5.32 Å². The van der Waals surface area contributed by atoms with Crippen molar-refractivity contribution in [3.05, 3.63) is 28.2 Å². The molecule has 0 aliphatic rings. The van der Waals surface area contributed by atoms with Crippen LogP contribution in [0.2, 0.25) is 10.0 Å². The highest BCUT2D eigenvalue weighted by Crippen LogP contribution is 2.22. The summed E-state index contributed by atoms with van der Waals surface area (Å²) in [6.07, 6.45) is 0. The van der Waals surface area contributed by atoms with Crippen LogP contribution < -0.4 is 10.5 Å². The van der Waals surface area contributed by atoms with Gasteiger partial charge in [0.15, 0.2) is 0 Å². The minimum Gasteiger partial charge on any atom is -0.384 e. The quantitative estimate of drug-likeness (QED) is 0.873. The van der Waals surface area contributed by atoms with Crippen LogP contribution in [0.4, 0.5) is 5.69 Å². The Kier molecular flexibility index (Phi) is 4.21. The highest BCUT2D eigenvalue weighted by atomic mass is 35.5. The van der Waals surface area contributed by atoms with E-state index < -0.39 is 10.0 Å². The summed E-state index contributed by atoms with van der Waals surface area (Å²) in [5, 5.41) is 8.67. The first kappa shape index (κ1) is 12.6. The molecule has 0 spiro atoms. The van der Waals surface area contributed by atoms with Crippen LogP contribution in [0.5, 0.6) is 0 Å². The number of primary sulfonamides is 1. The van der Waals surface area contributed by atoms with E-state index in [0.29, 0.717) is 15.7 Å². The van der Waals surface area contributed by atoms with Gasteiger partial charge in [-0.05, 0) is 18.2 Å². The zero-order chi connectivity index (χ0) is 11.5. The first-order valence-corrected chi connectivity index (χ1v) is 6.54. The molecule has 0 aromatic heterocycles. The van der Waals surface area contributed by atoms with Crippen LogP contribution in [0.3, 0.4) is 0 Å². The number of hydrogen-bond acceptors (Lipinski definition) is 3. The molecule has 84 valence electrons. The minimum atomic E-state index is -3.44. The lowest BCUT2D eigenvalue weighted by atomic mass is 10.3. The lowest BCUT2D eigenvalue weighted by Gasteiger charge is -2.06. The first-order chi connectivity index (χ1) is 6.87. The molecule has 0 fully saturated rings. The standard InChI is InChI=1S/C8H10Cl2N2O2S/c9-6-3-7(10)5-8(4-6)12-1-2-15(11,13)14/h3-5,12H,1-2H2,(H2,11,13,14). The maximum atomic E-state index is 10.6. The summed E-state index contributed by atoms with van der Waals surface area (Å²) in [5.41, 5.74) is 0.663. The fourth-order valence-corrected chi connectivity index (χ4v) is 1.91. The predicted molar refractivity (Wildman–Crippen MR) is 62.9 cm³/mol. The van der Waals surface area contributed by atoms with Gasteiger partial charge in [0.05, 0.1) is 5.75 Å². The van der Waals surface area contributed by atoms with Crippen molar-refractivity contribution >= 4 is 38.9 Å². The first-order valence-electron chi connectivity index (χ1n) is 4.07. The molecule has 1 aromatic rings. The number of halogens is 2. The molecule has 0 aliphatic heterocycles. The molecule has 0 unspecified atom stereocenters. The molecule has 0 radical (unpaired) electrons. The molecule has 0 atom stereocenters. The van der Waals surface area contributed by atoms with E-state index in [2.05, 4.69) is 5.32 Å². The summed E-state index contributed by atoms with van der Waals surface area (Å²) in [4.78, 5) is 0. The molecule has 3 N–H and O–H groups in total. The van der Waals surface area contributed by atoms with Crippen molar-refractivity contribution in [1.29, 1.82) is 0 Å². The second-order valence-corrected chi connectivity index (χ2v) is 5.56. The Bertz CT molecular complexity index is 428. The third-order valence-corrected chi connectivity index (χ3v) is 2.79. The number of nitrogens with one attached hydrogen (secondary N) is 1. The van der Waals surface area contributed by atoms with Gasteiger partial charge >= 0.3 is 0 Å². The van der Waals surface area contributed by atoms with Crippen molar-refractivity contribution in [3.63, 3.8) is 0 Å². The second-order valence-electron chi connectivity index (χ2n) is 2.95. The molecule has 0 saturated carbocycles. The van der Waals surface area contributed by atoms with Crippen LogP contribution >= 0.6 is 23.2 Å². The van der Waals surface area contributed by atoms with Crippen molar-refractivity contribution in [3.8, 4) is 0 Å². The molecule has 0 amide bonds. The average molecular weight is 269 g/mol. The van der Waals surface area contributed by atoms with Gasteiger partial charge in [-0.1, -0.05) is 23.2 Å². The third-order valence-electron chi connectivity index (χ3n) is 1.58. The van der Waals surface area contributed by atoms with Gasteiger partial charge in [-0.2, -0.15) is 0 Å². The number of nitrogens with two attached hydrogens (primary N) is 1. The summed E-state index contributed by atoms with van der Waals surface area (Å²) < 4.78 is 21.3. The van der Waals surface area contributed by atoms with Gasteiger partial charge in [0.2, 0.25) is 10.0 Å². The van der Waals surface area contributed by atoms with E-state index in [0.717, 1.165) is 0 Å². The fraction of sp³-hybridized carbons (Fsp3) is 0.250. The maximum absolute atomic E-state index is 10.6. The smallest absolute Gasteiger partial charge is 0.210 e. The Labute approximate surface area is 98.4 Å². The molecule has 4 nitrogen and oxygen atoms in total. The van der Waals surface area contributed by atoms with Gasteiger partial charge in [0.25, 0.3) is 0 Å². The van der Waals surface area contributed by atoms with Gasteiger partial charge in [0.1, 0.15) is 0 Å². The lowest BCUT2D eigenvalue weighted by molar-refractivity contribution is 0.598. The monoisotopic (exact) mass is 268 g/mol. The number of rotatable bonds is 4. The van der Waals surface area contributed by atoms with E-state index in [1.165, 1.54) is 0 Å². The SMILES string of the molecule is NS(=O)(=O)CCNc1cc(Cl)cc(Cl)c1. The van der Waals surface area contributed by atoms with Gasteiger partial charge in [-0.15, -0.1) is 0 Å². The number of hydrogen-bond donors (Lipinski definition) is 2. The van der Waals surface area contributed by atoms with Crippen molar-refractivity contribution < 1.29 is 8.42 Å². The fourth-order valence-electron chi connectivity index (χ4n) is 0.994. The average Bonchev–Trinajstić information content (AvgIpc) is 1.99. The van der Waals surface area contributed by atoms with Crippen LogP contribution in [0.1, 0.15) is 0 Å². The molecular weight excluding hydrogens is 259 g/mol. The van der Waals surface area contributed by atoms with E-state index >= 15 is 0 Å². The van der Waals surface area contributed by atoms with Gasteiger partial charge in [-0.3, -0.25) is 0 Å². The van der Waals surface area contributed by atoms with Crippen LogP contribution in [-0.4, -0.2) is 20.7 Å². The molecule has 0 heterocycles. The largest absolute Gasteiger partial charge is 0.384 e. The zero-order valence-corrected chi connectivity index (χ0v) is 10.0. The molecule has 0 aliphatic carbocycles. The van der Waals surface area contributed by atoms with Crippen LogP contribution in [-0.2, 0) is 10.0 Å². The predicted octanol–water partition coefficient (Wildman–Crippen LogP) is 1.69. The molecule has 0 bridgehead atoms. The summed E-state index contributed by atoms with van der Waals surface area (Å²) >= 11 is 11.5. The summed E-state index contributed by atoms with van der Waals surface area (Å²) in [6.45, 7) is 0.218. The maximum Gasteiger partial charge on any atom is 0.210 e. The van der Waals surface area contributed by atoms with Crippen LogP contribution in [0.25, 0.3) is 0 Å². The van der Waals surface area contributed by atoms with E-state index in [-0.39, 0.29) is 12.3 Å². The number of sulfonamides is 1. The van der Waals surface area contributed by atoms with E-state index in [1.54, 1.807) is 18.2 Å². The van der Waals surface area contributed by atoms with E-state index in [4.69, 9.17) is 28.3 Å². The molecule has 1 aromatic carbocycles. The zero-order valence-electron chi connectivity index (χ0n) is 7.70. The number of benzene rings is 1. The topological polar surface area (TPSA) is 72.2 Å². The third kappa shape index (κ3) is 5.22. The minimum absolute atomic E-state index is 0.142. The Hall–Kier alpha value is -0.490. The van der Waals surface area contributed by atoms with Crippen LogP contribution in [0.15, 0.2) is 18.2 Å². The lowest BCUT2D eigenvalue weighted by Crippen LogP contribution is -2.22. The summed E-state index contributed by atoms with van der Waals surface area (Å²) in [6, 6.07) is 4.89. The summed E-state index contributed by atoms with van der Waals surface area (Å²) in [5.74, 6) is -0.142. The van der Waals surface area contributed by atoms with Gasteiger partial charge in [-0.25, -0.2) is 13.6 Å². The molecule has 1 rings (SSSR count).